The molecule has 132 valence electrons. The molecule has 25 heavy (non-hydrogen) atoms. The number of fused-ring (bicyclic) bond motifs is 1. The molecule has 0 fully saturated rings. The van der Waals surface area contributed by atoms with Crippen molar-refractivity contribution in [3.63, 3.8) is 0 Å². The number of imidazole rings is 1. The lowest BCUT2D eigenvalue weighted by atomic mass is 10.2. The van der Waals surface area contributed by atoms with E-state index in [4.69, 9.17) is 9.40 Å². The first-order valence-electron chi connectivity index (χ1n) is 8.58. The minimum atomic E-state index is -0.421. The molecular formula is C19H22N2O3S. The number of thioether (sulfide) groups is 1. The van der Waals surface area contributed by atoms with E-state index >= 15 is 0 Å². The first-order valence-corrected chi connectivity index (χ1v) is 9.56. The highest BCUT2D eigenvalue weighted by molar-refractivity contribution is 7.98. The molecule has 3 aromatic rings. The molecule has 1 aromatic carbocycles. The molecule has 2 heterocycles. The Kier molecular flexibility index (Phi) is 5.81. The molecule has 2 aromatic heterocycles. The van der Waals surface area contributed by atoms with Gasteiger partial charge in [0, 0.05) is 12.6 Å². The maximum absolute atomic E-state index is 11.5. The van der Waals surface area contributed by atoms with Gasteiger partial charge in [-0.2, -0.15) is 0 Å². The van der Waals surface area contributed by atoms with Crippen molar-refractivity contribution in [3.05, 3.63) is 52.6 Å². The van der Waals surface area contributed by atoms with E-state index < -0.39 is 5.43 Å². The smallest absolute Gasteiger partial charge is 0.226 e. The molecule has 0 unspecified atom stereocenters. The Bertz CT molecular complexity index is 901. The van der Waals surface area contributed by atoms with E-state index in [-0.39, 0.29) is 5.75 Å². The molecule has 1 N–H and O–H groups in total. The molecule has 5 nitrogen and oxygen atoms in total. The minimum Gasteiger partial charge on any atom is -0.502 e. The van der Waals surface area contributed by atoms with Gasteiger partial charge in [0.1, 0.15) is 12.0 Å². The predicted molar refractivity (Wildman–Crippen MR) is 100 cm³/mol. The van der Waals surface area contributed by atoms with Gasteiger partial charge in [-0.05, 0) is 18.6 Å². The van der Waals surface area contributed by atoms with Gasteiger partial charge < -0.3 is 14.1 Å². The van der Waals surface area contributed by atoms with Crippen LogP contribution in [0, 0.1) is 0 Å². The number of aromatic nitrogens is 2. The zero-order valence-electron chi connectivity index (χ0n) is 14.3. The number of para-hydroxylation sites is 2. The molecule has 3 rings (SSSR count). The maximum Gasteiger partial charge on any atom is 0.226 e. The van der Waals surface area contributed by atoms with Crippen LogP contribution in [0.4, 0.5) is 0 Å². The summed E-state index contributed by atoms with van der Waals surface area (Å²) in [5.74, 6) is 0.655. The standard InChI is InChI=1S/C19H22N2O3S/c1-2-3-4-7-10-21-16-9-6-5-8-15(16)20-19(21)25-13-14-11-17(22)18(23)12-24-14/h5-6,8-9,11-12,23H,2-4,7,10,13H2,1H3. The SMILES string of the molecule is CCCCCCn1c(SCc2cc(=O)c(O)co2)nc2ccccc21. The highest BCUT2D eigenvalue weighted by Crippen LogP contribution is 2.27. The second-order valence-electron chi connectivity index (χ2n) is 5.98. The summed E-state index contributed by atoms with van der Waals surface area (Å²) in [5.41, 5.74) is 1.69. The van der Waals surface area contributed by atoms with Crippen LogP contribution in [0.2, 0.25) is 0 Å². The summed E-state index contributed by atoms with van der Waals surface area (Å²) >= 11 is 1.54. The van der Waals surface area contributed by atoms with Crippen molar-refractivity contribution in [2.45, 2.75) is 50.1 Å². The van der Waals surface area contributed by atoms with Gasteiger partial charge in [0.15, 0.2) is 10.9 Å². The van der Waals surface area contributed by atoms with Crippen LogP contribution in [-0.4, -0.2) is 14.7 Å². The summed E-state index contributed by atoms with van der Waals surface area (Å²) in [7, 11) is 0. The summed E-state index contributed by atoms with van der Waals surface area (Å²) in [6.07, 6.45) is 5.88. The topological polar surface area (TPSA) is 68.3 Å². The van der Waals surface area contributed by atoms with Crippen molar-refractivity contribution < 1.29 is 9.52 Å². The van der Waals surface area contributed by atoms with E-state index in [0.717, 1.165) is 35.4 Å². The maximum atomic E-state index is 11.5. The Morgan fingerprint density at radius 1 is 1.24 bits per heavy atom. The van der Waals surface area contributed by atoms with Crippen molar-refractivity contribution in [1.82, 2.24) is 9.55 Å². The van der Waals surface area contributed by atoms with Crippen molar-refractivity contribution in [2.24, 2.45) is 0 Å². The lowest BCUT2D eigenvalue weighted by Gasteiger charge is -2.08. The van der Waals surface area contributed by atoms with Crippen LogP contribution in [-0.2, 0) is 12.3 Å². The van der Waals surface area contributed by atoms with E-state index in [0.29, 0.717) is 11.5 Å². The molecule has 6 heteroatoms. The van der Waals surface area contributed by atoms with Crippen LogP contribution >= 0.6 is 11.8 Å². The minimum absolute atomic E-state index is 0.364. The Balaban J connectivity index is 1.79. The molecule has 0 aliphatic rings. The van der Waals surface area contributed by atoms with E-state index in [9.17, 15) is 9.90 Å². The van der Waals surface area contributed by atoms with Gasteiger partial charge in [-0.15, -0.1) is 0 Å². The molecule has 0 amide bonds. The number of unbranched alkanes of at least 4 members (excludes halogenated alkanes) is 3. The second kappa shape index (κ2) is 8.25. The monoisotopic (exact) mass is 358 g/mol. The summed E-state index contributed by atoms with van der Waals surface area (Å²) in [6, 6.07) is 9.45. The van der Waals surface area contributed by atoms with E-state index in [2.05, 4.69) is 17.6 Å². The lowest BCUT2D eigenvalue weighted by Crippen LogP contribution is -2.02. The summed E-state index contributed by atoms with van der Waals surface area (Å²) in [5, 5.41) is 10.2. The summed E-state index contributed by atoms with van der Waals surface area (Å²) in [4.78, 5) is 16.2. The Morgan fingerprint density at radius 2 is 2.08 bits per heavy atom. The predicted octanol–water partition coefficient (Wildman–Crippen LogP) is 4.57. The molecule has 0 aliphatic carbocycles. The number of hydrogen-bond acceptors (Lipinski definition) is 5. The molecule has 0 radical (unpaired) electrons. The van der Waals surface area contributed by atoms with Crippen LogP contribution in [0.5, 0.6) is 5.75 Å². The lowest BCUT2D eigenvalue weighted by molar-refractivity contribution is 0.419. The highest BCUT2D eigenvalue weighted by Gasteiger charge is 2.12. The number of aryl methyl sites for hydroxylation is 1. The van der Waals surface area contributed by atoms with Crippen LogP contribution in [0.15, 0.2) is 51.0 Å². The molecular weight excluding hydrogens is 336 g/mol. The molecule has 0 saturated carbocycles. The van der Waals surface area contributed by atoms with Crippen molar-refractivity contribution in [3.8, 4) is 5.75 Å². The molecule has 0 atom stereocenters. The fourth-order valence-corrected chi connectivity index (χ4v) is 3.66. The van der Waals surface area contributed by atoms with Crippen LogP contribution < -0.4 is 5.43 Å². The van der Waals surface area contributed by atoms with Crippen molar-refractivity contribution in [1.29, 1.82) is 0 Å². The third kappa shape index (κ3) is 4.25. The Labute approximate surface area is 150 Å². The van der Waals surface area contributed by atoms with Gasteiger partial charge in [-0.25, -0.2) is 4.98 Å². The van der Waals surface area contributed by atoms with E-state index in [1.165, 1.54) is 25.3 Å². The third-order valence-electron chi connectivity index (χ3n) is 4.06. The van der Waals surface area contributed by atoms with Crippen LogP contribution in [0.1, 0.15) is 38.4 Å². The molecule has 0 saturated heterocycles. The average Bonchev–Trinajstić information content (AvgIpc) is 2.97. The van der Waals surface area contributed by atoms with Crippen LogP contribution in [0.3, 0.4) is 0 Å². The average molecular weight is 358 g/mol. The van der Waals surface area contributed by atoms with Gasteiger partial charge in [-0.3, -0.25) is 4.79 Å². The fraction of sp³-hybridized carbons (Fsp3) is 0.368. The largest absolute Gasteiger partial charge is 0.502 e. The number of nitrogens with zero attached hydrogens (tertiary/aromatic N) is 2. The Hall–Kier alpha value is -2.21. The van der Waals surface area contributed by atoms with Gasteiger partial charge in [-0.1, -0.05) is 50.1 Å². The third-order valence-corrected chi connectivity index (χ3v) is 5.06. The highest BCUT2D eigenvalue weighted by atomic mass is 32.2. The second-order valence-corrected chi connectivity index (χ2v) is 6.92. The Morgan fingerprint density at radius 3 is 2.88 bits per heavy atom. The number of rotatable bonds is 8. The van der Waals surface area contributed by atoms with E-state index in [1.807, 2.05) is 18.2 Å². The number of hydrogen-bond donors (Lipinski definition) is 1. The van der Waals surface area contributed by atoms with Gasteiger partial charge in [0.05, 0.1) is 16.8 Å². The zero-order chi connectivity index (χ0) is 17.6. The first kappa shape index (κ1) is 17.6. The van der Waals surface area contributed by atoms with Gasteiger partial charge in [0.2, 0.25) is 5.43 Å². The van der Waals surface area contributed by atoms with Crippen LogP contribution in [0.25, 0.3) is 11.0 Å². The summed E-state index contributed by atoms with van der Waals surface area (Å²) in [6.45, 7) is 3.14. The quantitative estimate of drug-likeness (QED) is 0.472. The number of benzene rings is 1. The zero-order valence-corrected chi connectivity index (χ0v) is 15.1. The van der Waals surface area contributed by atoms with Crippen molar-refractivity contribution >= 4 is 22.8 Å². The van der Waals surface area contributed by atoms with E-state index in [1.54, 1.807) is 11.8 Å². The number of aromatic hydroxyl groups is 1. The van der Waals surface area contributed by atoms with Gasteiger partial charge in [0.25, 0.3) is 0 Å². The first-order chi connectivity index (χ1) is 12.2. The fourth-order valence-electron chi connectivity index (χ4n) is 2.73. The molecule has 0 spiro atoms. The summed E-state index contributed by atoms with van der Waals surface area (Å²) < 4.78 is 7.52. The van der Waals surface area contributed by atoms with Crippen molar-refractivity contribution in [2.75, 3.05) is 0 Å². The molecule has 0 aliphatic heterocycles. The normalized spacial score (nSPS) is 11.2. The molecule has 0 bridgehead atoms. The van der Waals surface area contributed by atoms with Gasteiger partial charge >= 0.3 is 0 Å².